The maximum atomic E-state index is 12.2. The summed E-state index contributed by atoms with van der Waals surface area (Å²) in [6.45, 7) is 5.57. The number of aromatic nitrogens is 3. The lowest BCUT2D eigenvalue weighted by atomic mass is 9.80. The molecular weight excluding hydrogens is 262 g/mol. The van der Waals surface area contributed by atoms with E-state index in [4.69, 9.17) is 9.47 Å². The highest BCUT2D eigenvalue weighted by atomic mass is 16.6. The predicted octanol–water partition coefficient (Wildman–Crippen LogP) is 0.880. The maximum absolute atomic E-state index is 12.2. The fourth-order valence-electron chi connectivity index (χ4n) is 1.97. The Morgan fingerprint density at radius 3 is 2.10 bits per heavy atom. The Hall–Kier alpha value is -1.92. The SMILES string of the molecule is CCOC(=O)C(CC)(Cc1cn(C)nn1)C(=O)OCC. The molecule has 0 bridgehead atoms. The summed E-state index contributed by atoms with van der Waals surface area (Å²) in [5.74, 6) is -1.15. The third-order valence-electron chi connectivity index (χ3n) is 3.07. The van der Waals surface area contributed by atoms with Crippen LogP contribution in [0.5, 0.6) is 0 Å². The minimum absolute atomic E-state index is 0.120. The molecule has 0 aliphatic heterocycles. The van der Waals surface area contributed by atoms with Crippen LogP contribution in [0.25, 0.3) is 0 Å². The fraction of sp³-hybridized carbons (Fsp3) is 0.692. The number of ether oxygens (including phenoxy) is 2. The summed E-state index contributed by atoms with van der Waals surface area (Å²) in [6, 6.07) is 0. The van der Waals surface area contributed by atoms with Gasteiger partial charge in [0.1, 0.15) is 0 Å². The smallest absolute Gasteiger partial charge is 0.323 e. The van der Waals surface area contributed by atoms with Crippen molar-refractivity contribution in [2.75, 3.05) is 13.2 Å². The first-order valence-corrected chi connectivity index (χ1v) is 6.69. The second-order valence-electron chi connectivity index (χ2n) is 4.44. The zero-order chi connectivity index (χ0) is 15.2. The number of hydrogen-bond acceptors (Lipinski definition) is 6. The zero-order valence-electron chi connectivity index (χ0n) is 12.4. The molecule has 1 aromatic heterocycles. The molecule has 0 amide bonds. The average molecular weight is 283 g/mol. The Bertz CT molecular complexity index is 452. The Balaban J connectivity index is 3.09. The van der Waals surface area contributed by atoms with E-state index < -0.39 is 17.4 Å². The van der Waals surface area contributed by atoms with Crippen molar-refractivity contribution >= 4 is 11.9 Å². The van der Waals surface area contributed by atoms with Gasteiger partial charge in [0.2, 0.25) is 0 Å². The molecule has 7 nitrogen and oxygen atoms in total. The number of carbonyl (C=O) groups is 2. The molecule has 0 fully saturated rings. The van der Waals surface area contributed by atoms with Crippen LogP contribution in [0.2, 0.25) is 0 Å². The molecule has 0 spiro atoms. The molecule has 1 rings (SSSR count). The van der Waals surface area contributed by atoms with Crippen LogP contribution in [0.3, 0.4) is 0 Å². The van der Waals surface area contributed by atoms with Gasteiger partial charge < -0.3 is 9.47 Å². The van der Waals surface area contributed by atoms with Gasteiger partial charge in [0.15, 0.2) is 5.41 Å². The fourth-order valence-corrected chi connectivity index (χ4v) is 1.97. The van der Waals surface area contributed by atoms with Gasteiger partial charge in [-0.25, -0.2) is 0 Å². The van der Waals surface area contributed by atoms with Crippen LogP contribution in [0.1, 0.15) is 32.9 Å². The third kappa shape index (κ3) is 3.34. The van der Waals surface area contributed by atoms with Crippen molar-refractivity contribution in [1.82, 2.24) is 15.0 Å². The largest absolute Gasteiger partial charge is 0.465 e. The number of hydrogen-bond donors (Lipinski definition) is 0. The molecule has 0 aliphatic carbocycles. The van der Waals surface area contributed by atoms with E-state index in [1.807, 2.05) is 0 Å². The summed E-state index contributed by atoms with van der Waals surface area (Å²) in [5, 5.41) is 7.74. The van der Waals surface area contributed by atoms with Gasteiger partial charge in [0.05, 0.1) is 18.9 Å². The zero-order valence-corrected chi connectivity index (χ0v) is 12.4. The first-order valence-electron chi connectivity index (χ1n) is 6.69. The molecule has 0 atom stereocenters. The van der Waals surface area contributed by atoms with E-state index in [9.17, 15) is 9.59 Å². The molecule has 7 heteroatoms. The van der Waals surface area contributed by atoms with Gasteiger partial charge in [-0.3, -0.25) is 14.3 Å². The minimum atomic E-state index is -1.36. The lowest BCUT2D eigenvalue weighted by molar-refractivity contribution is -0.172. The average Bonchev–Trinajstić information content (AvgIpc) is 2.81. The normalized spacial score (nSPS) is 11.2. The Kier molecular flexibility index (Phi) is 5.66. The molecule has 1 heterocycles. The van der Waals surface area contributed by atoms with Crippen molar-refractivity contribution in [2.45, 2.75) is 33.6 Å². The van der Waals surface area contributed by atoms with Crippen LogP contribution < -0.4 is 0 Å². The van der Waals surface area contributed by atoms with E-state index in [1.54, 1.807) is 34.0 Å². The quantitative estimate of drug-likeness (QED) is 0.545. The van der Waals surface area contributed by atoms with Crippen molar-refractivity contribution in [3.63, 3.8) is 0 Å². The van der Waals surface area contributed by atoms with E-state index in [0.29, 0.717) is 5.69 Å². The molecule has 20 heavy (non-hydrogen) atoms. The first-order chi connectivity index (χ1) is 9.50. The van der Waals surface area contributed by atoms with Gasteiger partial charge >= 0.3 is 11.9 Å². The van der Waals surface area contributed by atoms with Crippen LogP contribution in [0.15, 0.2) is 6.20 Å². The molecular formula is C13H21N3O4. The number of rotatable bonds is 7. The van der Waals surface area contributed by atoms with Gasteiger partial charge in [-0.05, 0) is 20.3 Å². The second-order valence-corrected chi connectivity index (χ2v) is 4.44. The summed E-state index contributed by atoms with van der Waals surface area (Å²) in [6.07, 6.45) is 2.07. The second kappa shape index (κ2) is 7.02. The van der Waals surface area contributed by atoms with E-state index in [0.717, 1.165) is 0 Å². The van der Waals surface area contributed by atoms with Crippen molar-refractivity contribution in [2.24, 2.45) is 12.5 Å². The van der Waals surface area contributed by atoms with E-state index >= 15 is 0 Å². The highest BCUT2D eigenvalue weighted by Gasteiger charge is 2.48. The van der Waals surface area contributed by atoms with Crippen molar-refractivity contribution in [3.05, 3.63) is 11.9 Å². The predicted molar refractivity (Wildman–Crippen MR) is 70.7 cm³/mol. The monoisotopic (exact) mass is 283 g/mol. The summed E-state index contributed by atoms with van der Waals surface area (Å²) < 4.78 is 11.6. The van der Waals surface area contributed by atoms with Gasteiger partial charge in [-0.1, -0.05) is 12.1 Å². The van der Waals surface area contributed by atoms with Crippen molar-refractivity contribution in [3.8, 4) is 0 Å². The van der Waals surface area contributed by atoms with Crippen LogP contribution >= 0.6 is 0 Å². The van der Waals surface area contributed by atoms with Gasteiger partial charge in [-0.2, -0.15) is 0 Å². The summed E-state index contributed by atoms with van der Waals surface area (Å²) in [5.41, 5.74) is -0.808. The van der Waals surface area contributed by atoms with Crippen LogP contribution in [-0.2, 0) is 32.5 Å². The number of carbonyl (C=O) groups excluding carboxylic acids is 2. The molecule has 112 valence electrons. The standard InChI is InChI=1S/C13H21N3O4/c1-5-13(11(17)19-6-2,12(18)20-7-3)8-10-9-16(4)15-14-10/h9H,5-8H2,1-4H3. The van der Waals surface area contributed by atoms with Crippen LogP contribution in [0.4, 0.5) is 0 Å². The molecule has 0 aromatic carbocycles. The lowest BCUT2D eigenvalue weighted by Crippen LogP contribution is -2.43. The molecule has 0 saturated heterocycles. The van der Waals surface area contributed by atoms with E-state index in [-0.39, 0.29) is 26.1 Å². The molecule has 0 N–H and O–H groups in total. The van der Waals surface area contributed by atoms with E-state index in [1.165, 1.54) is 4.68 Å². The molecule has 1 aromatic rings. The molecule has 0 aliphatic rings. The summed E-state index contributed by atoms with van der Waals surface area (Å²) in [4.78, 5) is 24.5. The Morgan fingerprint density at radius 1 is 1.20 bits per heavy atom. The Morgan fingerprint density at radius 2 is 1.75 bits per heavy atom. The van der Waals surface area contributed by atoms with Crippen molar-refractivity contribution in [1.29, 1.82) is 0 Å². The van der Waals surface area contributed by atoms with E-state index in [2.05, 4.69) is 10.3 Å². The highest BCUT2D eigenvalue weighted by molar-refractivity contribution is 6.00. The van der Waals surface area contributed by atoms with Gasteiger partial charge in [0, 0.05) is 19.7 Å². The maximum Gasteiger partial charge on any atom is 0.323 e. The first kappa shape index (κ1) is 16.1. The third-order valence-corrected chi connectivity index (χ3v) is 3.07. The molecule has 0 unspecified atom stereocenters. The Labute approximate surface area is 118 Å². The number of nitrogens with zero attached hydrogens (tertiary/aromatic N) is 3. The number of aryl methyl sites for hydroxylation is 1. The van der Waals surface area contributed by atoms with Crippen LogP contribution in [0, 0.1) is 5.41 Å². The molecule has 0 radical (unpaired) electrons. The van der Waals surface area contributed by atoms with Crippen LogP contribution in [-0.4, -0.2) is 40.1 Å². The topological polar surface area (TPSA) is 83.3 Å². The van der Waals surface area contributed by atoms with Gasteiger partial charge in [0.25, 0.3) is 0 Å². The molecule has 0 saturated carbocycles. The minimum Gasteiger partial charge on any atom is -0.465 e. The van der Waals surface area contributed by atoms with Gasteiger partial charge in [-0.15, -0.1) is 5.10 Å². The highest BCUT2D eigenvalue weighted by Crippen LogP contribution is 2.30. The lowest BCUT2D eigenvalue weighted by Gasteiger charge is -2.26. The summed E-state index contributed by atoms with van der Waals surface area (Å²) >= 11 is 0. The van der Waals surface area contributed by atoms with Crippen molar-refractivity contribution < 1.29 is 19.1 Å². The number of esters is 2. The summed E-state index contributed by atoms with van der Waals surface area (Å²) in [7, 11) is 1.72.